The maximum absolute atomic E-state index is 13.2. The molecule has 170 valence electrons. The first kappa shape index (κ1) is 22.9. The Labute approximate surface area is 196 Å². The van der Waals surface area contributed by atoms with Crippen LogP contribution in [0.1, 0.15) is 18.4 Å². The van der Waals surface area contributed by atoms with Crippen LogP contribution in [0.15, 0.2) is 78.0 Å². The Morgan fingerprint density at radius 3 is 2.61 bits per heavy atom. The van der Waals surface area contributed by atoms with E-state index >= 15 is 0 Å². The zero-order chi connectivity index (χ0) is 23.3. The fourth-order valence-electron chi connectivity index (χ4n) is 3.42. The minimum absolute atomic E-state index is 0.0827. The molecule has 0 aliphatic rings. The zero-order valence-corrected chi connectivity index (χ0v) is 19.7. The summed E-state index contributed by atoms with van der Waals surface area (Å²) in [6, 6.07) is 17.6. The number of methoxy groups -OCH3 is 1. The number of thiazole rings is 1. The molecule has 2 aromatic heterocycles. The number of aromatic nitrogens is 2. The molecule has 0 fully saturated rings. The second kappa shape index (κ2) is 10.1. The summed E-state index contributed by atoms with van der Waals surface area (Å²) in [7, 11) is -1.86. The topological polar surface area (TPSA) is 89.5 Å². The lowest BCUT2D eigenvalue weighted by molar-refractivity contribution is -0.118. The summed E-state index contributed by atoms with van der Waals surface area (Å²) in [6.45, 7) is 0.292. The van der Waals surface area contributed by atoms with Crippen LogP contribution >= 0.6 is 11.3 Å². The smallest absolute Gasteiger partial charge is 0.229 e. The van der Waals surface area contributed by atoms with Crippen LogP contribution in [0.2, 0.25) is 0 Å². The van der Waals surface area contributed by atoms with Crippen molar-refractivity contribution in [1.82, 2.24) is 9.97 Å². The van der Waals surface area contributed by atoms with Crippen LogP contribution < -0.4 is 9.64 Å². The van der Waals surface area contributed by atoms with Gasteiger partial charge in [-0.15, -0.1) is 0 Å². The van der Waals surface area contributed by atoms with Crippen molar-refractivity contribution in [3.05, 3.63) is 78.6 Å². The molecule has 0 spiro atoms. The van der Waals surface area contributed by atoms with Crippen molar-refractivity contribution in [3.8, 4) is 5.75 Å². The van der Waals surface area contributed by atoms with Crippen molar-refractivity contribution in [2.75, 3.05) is 17.8 Å². The maximum Gasteiger partial charge on any atom is 0.229 e. The van der Waals surface area contributed by atoms with Gasteiger partial charge < -0.3 is 4.74 Å². The molecule has 0 bridgehead atoms. The predicted octanol–water partition coefficient (Wildman–Crippen LogP) is 4.49. The normalized spacial score (nSPS) is 11.4. The molecular weight excluding hydrogens is 458 g/mol. The summed E-state index contributed by atoms with van der Waals surface area (Å²) in [6.07, 6.45) is 3.67. The Balaban J connectivity index is 1.55. The van der Waals surface area contributed by atoms with Gasteiger partial charge >= 0.3 is 0 Å². The van der Waals surface area contributed by atoms with E-state index in [-0.39, 0.29) is 29.4 Å². The average molecular weight is 482 g/mol. The number of carbonyl (C=O) groups is 1. The molecule has 0 aliphatic heterocycles. The summed E-state index contributed by atoms with van der Waals surface area (Å²) in [5, 5.41) is 0.536. The van der Waals surface area contributed by atoms with E-state index in [1.54, 1.807) is 54.7 Å². The van der Waals surface area contributed by atoms with Gasteiger partial charge in [0, 0.05) is 18.8 Å². The van der Waals surface area contributed by atoms with E-state index < -0.39 is 9.84 Å². The van der Waals surface area contributed by atoms with Crippen LogP contribution in [0.25, 0.3) is 10.2 Å². The van der Waals surface area contributed by atoms with Crippen LogP contribution in [0.4, 0.5) is 5.13 Å². The lowest BCUT2D eigenvalue weighted by atomic mass is 10.2. The van der Waals surface area contributed by atoms with Crippen molar-refractivity contribution in [3.63, 3.8) is 0 Å². The minimum Gasteiger partial charge on any atom is -0.494 e. The number of nitrogens with zero attached hydrogens (tertiary/aromatic N) is 3. The van der Waals surface area contributed by atoms with Gasteiger partial charge in [-0.1, -0.05) is 41.7 Å². The molecular formula is C24H23N3O4S2. The first-order valence-corrected chi connectivity index (χ1v) is 12.9. The monoisotopic (exact) mass is 481 g/mol. The van der Waals surface area contributed by atoms with E-state index in [0.717, 1.165) is 10.3 Å². The molecule has 0 unspecified atom stereocenters. The highest BCUT2D eigenvalue weighted by atomic mass is 32.2. The van der Waals surface area contributed by atoms with Crippen LogP contribution in [0.5, 0.6) is 5.75 Å². The number of amides is 1. The molecule has 0 atom stereocenters. The molecule has 1 amide bonds. The summed E-state index contributed by atoms with van der Waals surface area (Å²) >= 11 is 1.39. The van der Waals surface area contributed by atoms with Crippen LogP contribution in [-0.2, 0) is 21.2 Å². The third kappa shape index (κ3) is 5.37. The second-order valence-electron chi connectivity index (χ2n) is 7.38. The highest BCUT2D eigenvalue weighted by molar-refractivity contribution is 7.91. The van der Waals surface area contributed by atoms with Gasteiger partial charge in [0.15, 0.2) is 15.0 Å². The number of carbonyl (C=O) groups excluding carboxylic acids is 1. The summed E-state index contributed by atoms with van der Waals surface area (Å²) < 4.78 is 31.5. The van der Waals surface area contributed by atoms with Gasteiger partial charge in [-0.25, -0.2) is 13.4 Å². The van der Waals surface area contributed by atoms with Crippen LogP contribution in [-0.4, -0.2) is 37.2 Å². The van der Waals surface area contributed by atoms with Gasteiger partial charge in [0.1, 0.15) is 11.3 Å². The molecule has 4 rings (SSSR count). The number of benzene rings is 2. The molecule has 0 N–H and O–H groups in total. The molecule has 0 radical (unpaired) electrons. The van der Waals surface area contributed by atoms with Gasteiger partial charge in [0.2, 0.25) is 5.91 Å². The van der Waals surface area contributed by atoms with E-state index in [2.05, 4.69) is 9.97 Å². The van der Waals surface area contributed by atoms with Gasteiger partial charge in [-0.2, -0.15) is 0 Å². The number of pyridine rings is 1. The van der Waals surface area contributed by atoms with Gasteiger partial charge in [-0.05, 0) is 42.3 Å². The number of ether oxygens (including phenoxy) is 1. The summed E-state index contributed by atoms with van der Waals surface area (Å²) in [5.74, 6) is 0.342. The molecule has 0 saturated heterocycles. The van der Waals surface area contributed by atoms with Crippen LogP contribution in [0, 0.1) is 0 Å². The second-order valence-corrected chi connectivity index (χ2v) is 10.5. The molecule has 0 saturated carbocycles. The van der Waals surface area contributed by atoms with Crippen molar-refractivity contribution in [2.45, 2.75) is 24.3 Å². The summed E-state index contributed by atoms with van der Waals surface area (Å²) in [4.78, 5) is 23.9. The Kier molecular flexibility index (Phi) is 7.00. The first-order valence-electron chi connectivity index (χ1n) is 10.4. The SMILES string of the molecule is COc1cccc2sc(N(Cc3cccnc3)C(=O)CCCS(=O)(=O)c3ccccc3)nc12. The Morgan fingerprint density at radius 1 is 1.06 bits per heavy atom. The Bertz CT molecular complexity index is 1340. The molecule has 33 heavy (non-hydrogen) atoms. The molecule has 7 nitrogen and oxygen atoms in total. The van der Waals surface area contributed by atoms with E-state index in [0.29, 0.717) is 22.9 Å². The molecule has 4 aromatic rings. The van der Waals surface area contributed by atoms with E-state index in [9.17, 15) is 13.2 Å². The number of fused-ring (bicyclic) bond motifs is 1. The largest absolute Gasteiger partial charge is 0.494 e. The summed E-state index contributed by atoms with van der Waals surface area (Å²) in [5.41, 5.74) is 1.55. The number of anilines is 1. The average Bonchev–Trinajstić information content (AvgIpc) is 3.27. The zero-order valence-electron chi connectivity index (χ0n) is 18.0. The number of hydrogen-bond acceptors (Lipinski definition) is 7. The predicted molar refractivity (Wildman–Crippen MR) is 129 cm³/mol. The number of para-hydroxylation sites is 1. The maximum atomic E-state index is 13.2. The quantitative estimate of drug-likeness (QED) is 0.350. The minimum atomic E-state index is -3.44. The van der Waals surface area contributed by atoms with Crippen LogP contribution in [0.3, 0.4) is 0 Å². The number of hydrogen-bond donors (Lipinski definition) is 0. The number of rotatable bonds is 9. The van der Waals surface area contributed by atoms with Crippen molar-refractivity contribution in [2.24, 2.45) is 0 Å². The molecule has 2 heterocycles. The van der Waals surface area contributed by atoms with Crippen molar-refractivity contribution < 1.29 is 17.9 Å². The Morgan fingerprint density at radius 2 is 1.88 bits per heavy atom. The fourth-order valence-corrected chi connectivity index (χ4v) is 5.75. The Hall–Kier alpha value is -3.30. The fraction of sp³-hybridized carbons (Fsp3) is 0.208. The molecule has 2 aromatic carbocycles. The lowest BCUT2D eigenvalue weighted by Crippen LogP contribution is -2.30. The molecule has 0 aliphatic carbocycles. The number of sulfone groups is 1. The van der Waals surface area contributed by atoms with E-state index in [4.69, 9.17) is 4.74 Å². The lowest BCUT2D eigenvalue weighted by Gasteiger charge is -2.20. The van der Waals surface area contributed by atoms with Crippen molar-refractivity contribution >= 4 is 42.4 Å². The van der Waals surface area contributed by atoms with Gasteiger partial charge in [-0.3, -0.25) is 14.7 Å². The highest BCUT2D eigenvalue weighted by Crippen LogP contribution is 2.35. The van der Waals surface area contributed by atoms with E-state index in [1.165, 1.54) is 11.3 Å². The first-order chi connectivity index (χ1) is 16.0. The van der Waals surface area contributed by atoms with Gasteiger partial charge in [0.25, 0.3) is 0 Å². The third-order valence-electron chi connectivity index (χ3n) is 5.09. The van der Waals surface area contributed by atoms with E-state index in [1.807, 2.05) is 30.3 Å². The standard InChI is InChI=1S/C24H23N3O4S2/c1-31-20-11-5-12-21-23(20)26-24(32-21)27(17-18-8-6-14-25-16-18)22(28)13-7-15-33(29,30)19-9-3-2-4-10-19/h2-6,8-12,14,16H,7,13,15,17H2,1H3. The van der Waals surface area contributed by atoms with Crippen molar-refractivity contribution in [1.29, 1.82) is 0 Å². The molecule has 9 heteroatoms. The van der Waals surface area contributed by atoms with Gasteiger partial charge in [0.05, 0.1) is 29.0 Å². The highest BCUT2D eigenvalue weighted by Gasteiger charge is 2.22. The third-order valence-corrected chi connectivity index (χ3v) is 7.95.